The molecular weight excluding hydrogens is 410 g/mol. The van der Waals surface area contributed by atoms with E-state index in [0.717, 1.165) is 50.2 Å². The highest BCUT2D eigenvalue weighted by atomic mass is 16.6. The van der Waals surface area contributed by atoms with Gasteiger partial charge in [0.25, 0.3) is 5.88 Å². The molecule has 2 N–H and O–H groups in total. The maximum atomic E-state index is 12.6. The number of aromatic nitrogens is 2. The fourth-order valence-electron chi connectivity index (χ4n) is 4.20. The number of fused-ring (bicyclic) bond motifs is 2. The van der Waals surface area contributed by atoms with Gasteiger partial charge in [0, 0.05) is 37.2 Å². The zero-order valence-corrected chi connectivity index (χ0v) is 18.1. The number of ether oxygens (including phenoxy) is 2. The minimum Gasteiger partial charge on any atom is -0.484 e. The summed E-state index contributed by atoms with van der Waals surface area (Å²) in [5.74, 6) is 0.595. The summed E-state index contributed by atoms with van der Waals surface area (Å²) in [5, 5.41) is 12.7. The molecule has 1 atom stereocenters. The van der Waals surface area contributed by atoms with Gasteiger partial charge in [0.2, 0.25) is 0 Å². The van der Waals surface area contributed by atoms with E-state index < -0.39 is 11.9 Å². The Morgan fingerprint density at radius 3 is 2.91 bits per heavy atom. The molecule has 0 aromatic carbocycles. The first kappa shape index (κ1) is 22.0. The molecule has 4 rings (SSSR count). The van der Waals surface area contributed by atoms with Crippen LogP contribution in [0.25, 0.3) is 0 Å². The van der Waals surface area contributed by atoms with Crippen LogP contribution in [0.15, 0.2) is 24.4 Å². The average molecular weight is 440 g/mol. The minimum absolute atomic E-state index is 0.0613. The van der Waals surface area contributed by atoms with Gasteiger partial charge in [0.15, 0.2) is 5.75 Å². The van der Waals surface area contributed by atoms with Gasteiger partial charge in [-0.1, -0.05) is 6.07 Å². The van der Waals surface area contributed by atoms with E-state index in [0.29, 0.717) is 36.8 Å². The summed E-state index contributed by atoms with van der Waals surface area (Å²) in [7, 11) is 0. The number of aryl methyl sites for hydroxylation is 2. The van der Waals surface area contributed by atoms with Crippen LogP contribution in [-0.4, -0.2) is 46.6 Å². The molecule has 0 unspecified atom stereocenters. The lowest BCUT2D eigenvalue weighted by Crippen LogP contribution is -2.17. The number of Topliss-reactive ketones (excluding diaryl/α,β-unsaturated/α-hetero) is 1. The molecule has 4 heterocycles. The summed E-state index contributed by atoms with van der Waals surface area (Å²) in [6.07, 6.45) is 6.72. The molecule has 0 saturated heterocycles. The molecule has 0 fully saturated rings. The van der Waals surface area contributed by atoms with Gasteiger partial charge in [-0.3, -0.25) is 9.59 Å². The fraction of sp³-hybridized carbons (Fsp3) is 0.500. The van der Waals surface area contributed by atoms with E-state index in [4.69, 9.17) is 14.5 Å². The third kappa shape index (κ3) is 5.75. The Bertz CT molecular complexity index is 978. The van der Waals surface area contributed by atoms with E-state index in [1.165, 1.54) is 5.56 Å². The van der Waals surface area contributed by atoms with Crippen molar-refractivity contribution >= 4 is 17.6 Å². The molecule has 0 amide bonds. The quantitative estimate of drug-likeness (QED) is 0.541. The van der Waals surface area contributed by atoms with Crippen LogP contribution in [0, 0.1) is 0 Å². The van der Waals surface area contributed by atoms with Crippen molar-refractivity contribution in [1.29, 1.82) is 0 Å². The van der Waals surface area contributed by atoms with Crippen LogP contribution >= 0.6 is 0 Å². The monoisotopic (exact) mass is 439 g/mol. The topological polar surface area (TPSA) is 111 Å². The van der Waals surface area contributed by atoms with Gasteiger partial charge in [0.1, 0.15) is 24.8 Å². The molecule has 2 aliphatic heterocycles. The van der Waals surface area contributed by atoms with Crippen molar-refractivity contribution in [2.24, 2.45) is 0 Å². The molecule has 170 valence electrons. The largest absolute Gasteiger partial charge is 0.484 e. The van der Waals surface area contributed by atoms with Gasteiger partial charge in [-0.25, -0.2) is 9.97 Å². The van der Waals surface area contributed by atoms with Gasteiger partial charge < -0.3 is 19.9 Å². The number of nitrogens with one attached hydrogen (secondary N) is 1. The Morgan fingerprint density at radius 1 is 1.16 bits per heavy atom. The summed E-state index contributed by atoms with van der Waals surface area (Å²) in [6.45, 7) is 1.83. The normalized spacial score (nSPS) is 15.4. The van der Waals surface area contributed by atoms with Crippen molar-refractivity contribution in [3.63, 3.8) is 0 Å². The van der Waals surface area contributed by atoms with Crippen LogP contribution in [0.4, 0.5) is 5.82 Å². The number of carboxylic acid groups (broad SMARTS) is 1. The molecule has 0 saturated carbocycles. The molecule has 0 radical (unpaired) electrons. The summed E-state index contributed by atoms with van der Waals surface area (Å²) < 4.78 is 11.0. The number of aliphatic carboxylic acids is 1. The number of carbonyl (C=O) groups excluding carboxylic acids is 1. The second-order valence-corrected chi connectivity index (χ2v) is 8.35. The highest BCUT2D eigenvalue weighted by molar-refractivity contribution is 5.80. The number of hydrogen-bond acceptors (Lipinski definition) is 7. The van der Waals surface area contributed by atoms with Crippen molar-refractivity contribution in [2.45, 2.75) is 57.3 Å². The van der Waals surface area contributed by atoms with Crippen LogP contribution in [-0.2, 0) is 22.4 Å². The number of unbranched alkanes of at least 4 members (excludes halogenated alkanes) is 1. The number of carboxylic acids is 1. The molecule has 0 aliphatic carbocycles. The van der Waals surface area contributed by atoms with E-state index in [2.05, 4.69) is 22.4 Å². The van der Waals surface area contributed by atoms with Gasteiger partial charge in [-0.05, 0) is 55.4 Å². The number of nitrogens with zero attached hydrogens (tertiary/aromatic N) is 2. The molecule has 8 heteroatoms. The second kappa shape index (κ2) is 10.4. The Labute approximate surface area is 187 Å². The Hall–Kier alpha value is -3.16. The van der Waals surface area contributed by atoms with Crippen molar-refractivity contribution in [1.82, 2.24) is 9.97 Å². The van der Waals surface area contributed by atoms with E-state index in [9.17, 15) is 14.7 Å². The predicted octanol–water partition coefficient (Wildman–Crippen LogP) is 3.54. The lowest BCUT2D eigenvalue weighted by Gasteiger charge is -2.20. The van der Waals surface area contributed by atoms with E-state index in [1.54, 1.807) is 12.3 Å². The molecule has 8 nitrogen and oxygen atoms in total. The average Bonchev–Trinajstić information content (AvgIpc) is 2.80. The van der Waals surface area contributed by atoms with E-state index >= 15 is 0 Å². The predicted molar refractivity (Wildman–Crippen MR) is 118 cm³/mol. The van der Waals surface area contributed by atoms with Crippen LogP contribution in [0.2, 0.25) is 0 Å². The first-order valence-electron chi connectivity index (χ1n) is 11.3. The van der Waals surface area contributed by atoms with Gasteiger partial charge in [-0.2, -0.15) is 0 Å². The number of anilines is 1. The Balaban J connectivity index is 1.28. The molecular formula is C24H29N3O5. The SMILES string of the molecule is O=C(O)C[C@@H](CC(=O)CCCCc1ccc2c(n1)NCCC2)c1cnc2c(c1)OCCO2. The van der Waals surface area contributed by atoms with Crippen molar-refractivity contribution in [3.05, 3.63) is 41.2 Å². The highest BCUT2D eigenvalue weighted by Gasteiger charge is 2.23. The lowest BCUT2D eigenvalue weighted by atomic mass is 9.90. The van der Waals surface area contributed by atoms with Crippen molar-refractivity contribution in [3.8, 4) is 11.6 Å². The van der Waals surface area contributed by atoms with Gasteiger partial charge in [-0.15, -0.1) is 0 Å². The Morgan fingerprint density at radius 2 is 2.03 bits per heavy atom. The van der Waals surface area contributed by atoms with E-state index in [-0.39, 0.29) is 18.6 Å². The smallest absolute Gasteiger partial charge is 0.303 e. The maximum Gasteiger partial charge on any atom is 0.303 e. The minimum atomic E-state index is -0.940. The van der Waals surface area contributed by atoms with Gasteiger partial charge in [0.05, 0.1) is 6.42 Å². The third-order valence-electron chi connectivity index (χ3n) is 5.88. The maximum absolute atomic E-state index is 12.6. The molecule has 2 aromatic heterocycles. The summed E-state index contributed by atoms with van der Waals surface area (Å²) in [4.78, 5) is 32.9. The molecule has 32 heavy (non-hydrogen) atoms. The van der Waals surface area contributed by atoms with Crippen LogP contribution in [0.3, 0.4) is 0 Å². The van der Waals surface area contributed by atoms with Crippen LogP contribution in [0.5, 0.6) is 11.6 Å². The van der Waals surface area contributed by atoms with Crippen molar-refractivity contribution in [2.75, 3.05) is 25.1 Å². The molecule has 0 bridgehead atoms. The molecule has 2 aromatic rings. The Kier molecular flexibility index (Phi) is 7.19. The second-order valence-electron chi connectivity index (χ2n) is 8.35. The number of ketones is 1. The first-order chi connectivity index (χ1) is 15.6. The number of pyridine rings is 2. The molecule has 0 spiro atoms. The zero-order chi connectivity index (χ0) is 22.3. The van der Waals surface area contributed by atoms with Crippen LogP contribution < -0.4 is 14.8 Å². The number of carbonyl (C=O) groups is 2. The van der Waals surface area contributed by atoms with Crippen LogP contribution in [0.1, 0.15) is 61.3 Å². The standard InChI is InChI=1S/C24H29N3O5/c28-20(6-2-1-5-19-8-7-16-4-3-9-25-23(16)27-19)12-17(14-22(29)30)18-13-21-24(26-15-18)32-11-10-31-21/h7-8,13,15,17H,1-6,9-12,14H2,(H,25,27)(H,29,30)/t17-/m1/s1. The number of rotatable bonds is 10. The summed E-state index contributed by atoms with van der Waals surface area (Å²) in [6, 6.07) is 5.97. The summed E-state index contributed by atoms with van der Waals surface area (Å²) >= 11 is 0. The van der Waals surface area contributed by atoms with Crippen molar-refractivity contribution < 1.29 is 24.2 Å². The zero-order valence-electron chi connectivity index (χ0n) is 18.1. The molecule has 2 aliphatic rings. The third-order valence-corrected chi connectivity index (χ3v) is 5.88. The van der Waals surface area contributed by atoms with Gasteiger partial charge >= 0.3 is 5.97 Å². The fourth-order valence-corrected chi connectivity index (χ4v) is 4.20. The van der Waals surface area contributed by atoms with E-state index in [1.807, 2.05) is 0 Å². The number of hydrogen-bond donors (Lipinski definition) is 2. The lowest BCUT2D eigenvalue weighted by molar-refractivity contribution is -0.137. The summed E-state index contributed by atoms with van der Waals surface area (Å²) in [5.41, 5.74) is 3.00. The highest BCUT2D eigenvalue weighted by Crippen LogP contribution is 2.33. The first-order valence-corrected chi connectivity index (χ1v) is 11.3.